The maximum Gasteiger partial charge on any atom is 0.160 e. The molecule has 102 valence electrons. The van der Waals surface area contributed by atoms with Gasteiger partial charge in [0.2, 0.25) is 0 Å². The van der Waals surface area contributed by atoms with Crippen LogP contribution < -0.4 is 10.1 Å². The minimum atomic E-state index is 0.638. The molecule has 2 heterocycles. The summed E-state index contributed by atoms with van der Waals surface area (Å²) < 4.78 is 12.1. The first-order valence-electron chi connectivity index (χ1n) is 6.02. The highest BCUT2D eigenvalue weighted by Crippen LogP contribution is 2.26. The lowest BCUT2D eigenvalue weighted by Crippen LogP contribution is -2.04. The van der Waals surface area contributed by atoms with Crippen molar-refractivity contribution in [2.24, 2.45) is 0 Å². The van der Waals surface area contributed by atoms with Crippen LogP contribution in [-0.4, -0.2) is 35.6 Å². The van der Waals surface area contributed by atoms with Crippen molar-refractivity contribution in [3.63, 3.8) is 0 Å². The van der Waals surface area contributed by atoms with Crippen molar-refractivity contribution in [2.45, 2.75) is 13.5 Å². The predicted molar refractivity (Wildman–Crippen MR) is 72.9 cm³/mol. The molecular weight excluding hydrogens is 244 g/mol. The molecule has 0 aliphatic rings. The molecule has 1 N–H and O–H groups in total. The first-order valence-corrected chi connectivity index (χ1v) is 6.02. The van der Waals surface area contributed by atoms with Gasteiger partial charge in [0.15, 0.2) is 5.75 Å². The zero-order valence-corrected chi connectivity index (χ0v) is 11.4. The first kappa shape index (κ1) is 13.4. The standard InChI is InChI=1S/C13H18N4O2/c1-10-6-12(13(19-3)8-14-10)16-11-7-15-17(9-11)4-5-18-2/h6-9H,4-5H2,1-3H3,(H,14,16). The summed E-state index contributed by atoms with van der Waals surface area (Å²) in [5.74, 6) is 0.704. The van der Waals surface area contributed by atoms with Crippen molar-refractivity contribution in [1.29, 1.82) is 0 Å². The van der Waals surface area contributed by atoms with Crippen LogP contribution in [0.25, 0.3) is 0 Å². The number of hydrogen-bond donors (Lipinski definition) is 1. The number of rotatable bonds is 6. The number of nitrogens with zero attached hydrogens (tertiary/aromatic N) is 3. The van der Waals surface area contributed by atoms with Crippen molar-refractivity contribution < 1.29 is 9.47 Å². The van der Waals surface area contributed by atoms with E-state index < -0.39 is 0 Å². The summed E-state index contributed by atoms with van der Waals surface area (Å²) in [4.78, 5) is 4.20. The lowest BCUT2D eigenvalue weighted by Gasteiger charge is -2.09. The van der Waals surface area contributed by atoms with Gasteiger partial charge in [0.05, 0.1) is 44.0 Å². The molecule has 0 bridgehead atoms. The van der Waals surface area contributed by atoms with Gasteiger partial charge in [-0.15, -0.1) is 0 Å². The van der Waals surface area contributed by atoms with Crippen molar-refractivity contribution in [2.75, 3.05) is 26.1 Å². The number of methoxy groups -OCH3 is 2. The van der Waals surface area contributed by atoms with E-state index in [0.29, 0.717) is 12.4 Å². The molecule has 6 heteroatoms. The third-order valence-electron chi connectivity index (χ3n) is 2.66. The van der Waals surface area contributed by atoms with Crippen LogP contribution in [0.4, 0.5) is 11.4 Å². The fraction of sp³-hybridized carbons (Fsp3) is 0.385. The highest BCUT2D eigenvalue weighted by Gasteiger charge is 2.06. The average molecular weight is 262 g/mol. The lowest BCUT2D eigenvalue weighted by atomic mass is 10.3. The molecular formula is C13H18N4O2. The highest BCUT2D eigenvalue weighted by molar-refractivity contribution is 5.65. The zero-order valence-electron chi connectivity index (χ0n) is 11.4. The third-order valence-corrected chi connectivity index (χ3v) is 2.66. The van der Waals surface area contributed by atoms with Gasteiger partial charge in [-0.25, -0.2) is 0 Å². The fourth-order valence-corrected chi connectivity index (χ4v) is 1.70. The lowest BCUT2D eigenvalue weighted by molar-refractivity contribution is 0.183. The van der Waals surface area contributed by atoms with Crippen molar-refractivity contribution in [3.05, 3.63) is 30.4 Å². The summed E-state index contributed by atoms with van der Waals surface area (Å²) in [6.45, 7) is 3.30. The SMILES string of the molecule is COCCn1cc(Nc2cc(C)ncc2OC)cn1. The summed E-state index contributed by atoms with van der Waals surface area (Å²) in [6.07, 6.45) is 5.39. The smallest absolute Gasteiger partial charge is 0.160 e. The molecule has 2 aromatic rings. The Morgan fingerprint density at radius 2 is 2.16 bits per heavy atom. The molecule has 0 radical (unpaired) electrons. The number of nitrogens with one attached hydrogen (secondary N) is 1. The summed E-state index contributed by atoms with van der Waals surface area (Å²) in [5, 5.41) is 7.52. The number of anilines is 2. The Labute approximate surface area is 112 Å². The van der Waals surface area contributed by atoms with E-state index in [1.807, 2.05) is 23.9 Å². The van der Waals surface area contributed by atoms with E-state index >= 15 is 0 Å². The zero-order chi connectivity index (χ0) is 13.7. The van der Waals surface area contributed by atoms with Crippen LogP contribution in [0.15, 0.2) is 24.7 Å². The second kappa shape index (κ2) is 6.19. The number of aromatic nitrogens is 3. The maximum absolute atomic E-state index is 5.27. The summed E-state index contributed by atoms with van der Waals surface area (Å²) in [7, 11) is 3.30. The molecule has 0 aliphatic carbocycles. The predicted octanol–water partition coefficient (Wildman–Crippen LogP) is 1.99. The number of ether oxygens (including phenoxy) is 2. The molecule has 6 nitrogen and oxygen atoms in total. The van der Waals surface area contributed by atoms with Crippen LogP contribution in [-0.2, 0) is 11.3 Å². The highest BCUT2D eigenvalue weighted by atomic mass is 16.5. The van der Waals surface area contributed by atoms with Gasteiger partial charge < -0.3 is 14.8 Å². The molecule has 0 fully saturated rings. The topological polar surface area (TPSA) is 61.2 Å². The first-order chi connectivity index (χ1) is 9.22. The molecule has 0 spiro atoms. The molecule has 0 saturated heterocycles. The normalized spacial score (nSPS) is 10.5. The monoisotopic (exact) mass is 262 g/mol. The van der Waals surface area contributed by atoms with E-state index in [2.05, 4.69) is 15.4 Å². The van der Waals surface area contributed by atoms with E-state index in [9.17, 15) is 0 Å². The molecule has 0 amide bonds. The Kier molecular flexibility index (Phi) is 4.35. The molecule has 0 aromatic carbocycles. The molecule has 2 rings (SSSR count). The van der Waals surface area contributed by atoms with Gasteiger partial charge in [-0.1, -0.05) is 0 Å². The van der Waals surface area contributed by atoms with Gasteiger partial charge in [-0.2, -0.15) is 5.10 Å². The molecule has 0 unspecified atom stereocenters. The number of hydrogen-bond acceptors (Lipinski definition) is 5. The largest absolute Gasteiger partial charge is 0.493 e. The molecule has 19 heavy (non-hydrogen) atoms. The minimum Gasteiger partial charge on any atom is -0.493 e. The number of pyridine rings is 1. The van der Waals surface area contributed by atoms with Crippen molar-refractivity contribution in [1.82, 2.24) is 14.8 Å². The van der Waals surface area contributed by atoms with E-state index in [1.54, 1.807) is 26.6 Å². The fourth-order valence-electron chi connectivity index (χ4n) is 1.70. The Hall–Kier alpha value is -2.08. The summed E-state index contributed by atoms with van der Waals surface area (Å²) in [6, 6.07) is 1.94. The van der Waals surface area contributed by atoms with Crippen molar-refractivity contribution >= 4 is 11.4 Å². The Morgan fingerprint density at radius 1 is 1.32 bits per heavy atom. The van der Waals surface area contributed by atoms with Gasteiger partial charge >= 0.3 is 0 Å². The van der Waals surface area contributed by atoms with E-state index in [0.717, 1.165) is 23.6 Å². The molecule has 0 saturated carbocycles. The van der Waals surface area contributed by atoms with Gasteiger partial charge in [-0.05, 0) is 13.0 Å². The van der Waals surface area contributed by atoms with Crippen LogP contribution in [0.1, 0.15) is 5.69 Å². The van der Waals surface area contributed by atoms with E-state index in [-0.39, 0.29) is 0 Å². The van der Waals surface area contributed by atoms with Gasteiger partial charge in [0.1, 0.15) is 0 Å². The second-order valence-electron chi connectivity index (χ2n) is 4.14. The van der Waals surface area contributed by atoms with Crippen LogP contribution in [0.5, 0.6) is 5.75 Å². The van der Waals surface area contributed by atoms with Crippen molar-refractivity contribution in [3.8, 4) is 5.75 Å². The Bertz CT molecular complexity index is 539. The quantitative estimate of drug-likeness (QED) is 0.862. The van der Waals surface area contributed by atoms with E-state index in [1.165, 1.54) is 0 Å². The molecule has 2 aromatic heterocycles. The molecule has 0 atom stereocenters. The van der Waals surface area contributed by atoms with Gasteiger partial charge in [0.25, 0.3) is 0 Å². The Balaban J connectivity index is 2.12. The maximum atomic E-state index is 5.27. The second-order valence-corrected chi connectivity index (χ2v) is 4.14. The third kappa shape index (κ3) is 3.45. The Morgan fingerprint density at radius 3 is 2.89 bits per heavy atom. The van der Waals surface area contributed by atoms with Crippen LogP contribution in [0.2, 0.25) is 0 Å². The molecule has 0 aliphatic heterocycles. The van der Waals surface area contributed by atoms with Crippen LogP contribution >= 0.6 is 0 Å². The summed E-state index contributed by atoms with van der Waals surface area (Å²) >= 11 is 0. The summed E-state index contributed by atoms with van der Waals surface area (Å²) in [5.41, 5.74) is 2.70. The van der Waals surface area contributed by atoms with Gasteiger partial charge in [0, 0.05) is 19.0 Å². The average Bonchev–Trinajstić information content (AvgIpc) is 2.84. The number of aryl methyl sites for hydroxylation is 1. The minimum absolute atomic E-state index is 0.638. The van der Waals surface area contributed by atoms with Crippen LogP contribution in [0, 0.1) is 6.92 Å². The van der Waals surface area contributed by atoms with Gasteiger partial charge in [-0.3, -0.25) is 9.67 Å². The van der Waals surface area contributed by atoms with Crippen LogP contribution in [0.3, 0.4) is 0 Å². The van der Waals surface area contributed by atoms with E-state index in [4.69, 9.17) is 9.47 Å².